The minimum Gasteiger partial charge on any atom is -0.319 e. The molecule has 1 aromatic carbocycles. The number of carbonyl (C=O) groups excluding carboxylic acids is 2. The minimum atomic E-state index is -0.573. The van der Waals surface area contributed by atoms with Gasteiger partial charge in [0.05, 0.1) is 5.02 Å². The van der Waals surface area contributed by atoms with Crippen molar-refractivity contribution in [1.29, 1.82) is 0 Å². The molecule has 1 aliphatic heterocycles. The maximum Gasteiger partial charge on any atom is 0.292 e. The maximum absolute atomic E-state index is 11.1. The summed E-state index contributed by atoms with van der Waals surface area (Å²) in [6.07, 6.45) is 0.0689. The Morgan fingerprint density at radius 3 is 2.79 bits per heavy atom. The molecule has 14 heavy (non-hydrogen) atoms. The maximum atomic E-state index is 11.1. The fraction of sp³-hybridized carbons (Fsp3) is 0.111. The Labute approximate surface area is 93.6 Å². The van der Waals surface area contributed by atoms with Crippen LogP contribution in [0.1, 0.15) is 5.56 Å². The van der Waals surface area contributed by atoms with E-state index in [1.54, 1.807) is 12.1 Å². The summed E-state index contributed by atoms with van der Waals surface area (Å²) in [6, 6.07) is 3.45. The van der Waals surface area contributed by atoms with E-state index in [0.717, 1.165) is 4.47 Å². The van der Waals surface area contributed by atoms with Crippen molar-refractivity contribution in [3.05, 3.63) is 27.2 Å². The molecule has 1 aromatic rings. The first kappa shape index (κ1) is 9.68. The lowest BCUT2D eigenvalue weighted by Crippen LogP contribution is -2.29. The fourth-order valence-electron chi connectivity index (χ4n) is 1.32. The molecule has 5 heteroatoms. The number of hydrogen-bond donors (Lipinski definition) is 1. The Kier molecular flexibility index (Phi) is 2.33. The molecule has 1 N–H and O–H groups in total. The SMILES string of the molecule is O=C1Cc2c(ccc(Br)c2Cl)NC1=O. The van der Waals surface area contributed by atoms with E-state index in [0.29, 0.717) is 16.3 Å². The van der Waals surface area contributed by atoms with E-state index in [9.17, 15) is 9.59 Å². The molecule has 1 heterocycles. The summed E-state index contributed by atoms with van der Waals surface area (Å²) < 4.78 is 0.724. The van der Waals surface area contributed by atoms with Crippen LogP contribution in [0.2, 0.25) is 5.02 Å². The quantitative estimate of drug-likeness (QED) is 0.737. The standard InChI is InChI=1S/C9H5BrClNO2/c10-5-1-2-6-4(8(5)11)3-7(13)9(14)12-6/h1-2H,3H2,(H,12,14). The number of anilines is 1. The highest BCUT2D eigenvalue weighted by atomic mass is 79.9. The molecule has 0 saturated heterocycles. The number of fused-ring (bicyclic) bond motifs is 1. The highest BCUT2D eigenvalue weighted by molar-refractivity contribution is 9.10. The molecule has 0 aromatic heterocycles. The first-order valence-electron chi connectivity index (χ1n) is 3.90. The molecule has 0 saturated carbocycles. The molecule has 0 bridgehead atoms. The van der Waals surface area contributed by atoms with Crippen LogP contribution in [0.5, 0.6) is 0 Å². The number of rotatable bonds is 0. The molecule has 0 aliphatic carbocycles. The lowest BCUT2D eigenvalue weighted by molar-refractivity contribution is -0.134. The van der Waals surface area contributed by atoms with Crippen LogP contribution < -0.4 is 5.32 Å². The third-order valence-corrected chi connectivity index (χ3v) is 3.36. The van der Waals surface area contributed by atoms with E-state index in [1.165, 1.54) is 0 Å². The van der Waals surface area contributed by atoms with Gasteiger partial charge in [-0.1, -0.05) is 11.6 Å². The van der Waals surface area contributed by atoms with Crippen LogP contribution in [-0.2, 0) is 16.0 Å². The zero-order valence-corrected chi connectivity index (χ0v) is 9.28. The van der Waals surface area contributed by atoms with Crippen molar-refractivity contribution in [2.75, 3.05) is 5.32 Å². The predicted molar refractivity (Wildman–Crippen MR) is 56.5 cm³/mol. The third-order valence-electron chi connectivity index (χ3n) is 2.03. The molecule has 0 spiro atoms. The number of carbonyl (C=O) groups is 2. The van der Waals surface area contributed by atoms with Crippen molar-refractivity contribution >= 4 is 44.9 Å². The van der Waals surface area contributed by atoms with Crippen molar-refractivity contribution in [2.45, 2.75) is 6.42 Å². The van der Waals surface area contributed by atoms with Crippen molar-refractivity contribution in [3.8, 4) is 0 Å². The van der Waals surface area contributed by atoms with Gasteiger partial charge >= 0.3 is 0 Å². The highest BCUT2D eigenvalue weighted by Crippen LogP contribution is 2.33. The molecular weight excluding hydrogens is 269 g/mol. The molecule has 72 valence electrons. The van der Waals surface area contributed by atoms with Crippen LogP contribution in [0.15, 0.2) is 16.6 Å². The lowest BCUT2D eigenvalue weighted by atomic mass is 10.0. The average molecular weight is 275 g/mol. The van der Waals surface area contributed by atoms with Gasteiger partial charge in [0.2, 0.25) is 5.78 Å². The van der Waals surface area contributed by atoms with E-state index in [4.69, 9.17) is 11.6 Å². The summed E-state index contributed by atoms with van der Waals surface area (Å²) in [7, 11) is 0. The Bertz CT molecular complexity index is 445. The Balaban J connectivity index is 2.58. The van der Waals surface area contributed by atoms with E-state index in [2.05, 4.69) is 21.2 Å². The van der Waals surface area contributed by atoms with Crippen LogP contribution in [0.4, 0.5) is 5.69 Å². The van der Waals surface area contributed by atoms with Gasteiger partial charge in [-0.2, -0.15) is 0 Å². The van der Waals surface area contributed by atoms with Gasteiger partial charge in [-0.05, 0) is 28.1 Å². The largest absolute Gasteiger partial charge is 0.319 e. The molecule has 1 amide bonds. The third kappa shape index (κ3) is 1.44. The van der Waals surface area contributed by atoms with Gasteiger partial charge in [0.1, 0.15) is 0 Å². The monoisotopic (exact) mass is 273 g/mol. The van der Waals surface area contributed by atoms with Crippen molar-refractivity contribution in [3.63, 3.8) is 0 Å². The number of Topliss-reactive ketones (excluding diaryl/α,β-unsaturated/α-hetero) is 1. The second-order valence-electron chi connectivity index (χ2n) is 2.94. The summed E-state index contributed by atoms with van der Waals surface area (Å²) in [5, 5.41) is 2.97. The van der Waals surface area contributed by atoms with E-state index in [-0.39, 0.29) is 6.42 Å². The van der Waals surface area contributed by atoms with Crippen molar-refractivity contribution in [2.24, 2.45) is 0 Å². The number of amides is 1. The smallest absolute Gasteiger partial charge is 0.292 e. The molecule has 3 nitrogen and oxygen atoms in total. The lowest BCUT2D eigenvalue weighted by Gasteiger charge is -2.17. The van der Waals surface area contributed by atoms with E-state index in [1.807, 2.05) is 0 Å². The van der Waals surface area contributed by atoms with Gasteiger partial charge < -0.3 is 5.32 Å². The zero-order chi connectivity index (χ0) is 10.3. The Morgan fingerprint density at radius 2 is 2.07 bits per heavy atom. The summed E-state index contributed by atoms with van der Waals surface area (Å²) >= 11 is 9.23. The number of benzene rings is 1. The molecular formula is C9H5BrClNO2. The minimum absolute atomic E-state index is 0.0689. The topological polar surface area (TPSA) is 46.2 Å². The first-order chi connectivity index (χ1) is 6.59. The molecule has 0 fully saturated rings. The van der Waals surface area contributed by atoms with Crippen molar-refractivity contribution < 1.29 is 9.59 Å². The van der Waals surface area contributed by atoms with Gasteiger partial charge in [-0.25, -0.2) is 0 Å². The van der Waals surface area contributed by atoms with Crippen molar-refractivity contribution in [1.82, 2.24) is 0 Å². The second kappa shape index (κ2) is 3.37. The van der Waals surface area contributed by atoms with Gasteiger partial charge in [0, 0.05) is 22.1 Å². The summed E-state index contributed by atoms with van der Waals surface area (Å²) in [4.78, 5) is 22.2. The second-order valence-corrected chi connectivity index (χ2v) is 4.17. The first-order valence-corrected chi connectivity index (χ1v) is 5.07. The van der Waals surface area contributed by atoms with Crippen LogP contribution in [0, 0.1) is 0 Å². The van der Waals surface area contributed by atoms with E-state index < -0.39 is 11.7 Å². The predicted octanol–water partition coefficient (Wildman–Crippen LogP) is 2.17. The number of ketones is 1. The van der Waals surface area contributed by atoms with Crippen LogP contribution in [0.25, 0.3) is 0 Å². The number of hydrogen-bond acceptors (Lipinski definition) is 2. The average Bonchev–Trinajstić information content (AvgIpc) is 2.15. The summed E-state index contributed by atoms with van der Waals surface area (Å²) in [6.45, 7) is 0. The number of halogens is 2. The molecule has 0 radical (unpaired) electrons. The molecule has 1 aliphatic rings. The summed E-state index contributed by atoms with van der Waals surface area (Å²) in [5.74, 6) is -1.03. The summed E-state index contributed by atoms with van der Waals surface area (Å²) in [5.41, 5.74) is 1.29. The van der Waals surface area contributed by atoms with Gasteiger partial charge in [0.15, 0.2) is 0 Å². The molecule has 0 unspecified atom stereocenters. The zero-order valence-electron chi connectivity index (χ0n) is 6.93. The van der Waals surface area contributed by atoms with Crippen LogP contribution in [-0.4, -0.2) is 11.7 Å². The van der Waals surface area contributed by atoms with Gasteiger partial charge in [0.25, 0.3) is 5.91 Å². The van der Waals surface area contributed by atoms with Gasteiger partial charge in [-0.15, -0.1) is 0 Å². The normalized spacial score (nSPS) is 15.0. The van der Waals surface area contributed by atoms with E-state index >= 15 is 0 Å². The molecule has 0 atom stereocenters. The van der Waals surface area contributed by atoms with Crippen LogP contribution >= 0.6 is 27.5 Å². The molecule has 2 rings (SSSR count). The number of nitrogens with one attached hydrogen (secondary N) is 1. The highest BCUT2D eigenvalue weighted by Gasteiger charge is 2.25. The van der Waals surface area contributed by atoms with Gasteiger partial charge in [-0.3, -0.25) is 9.59 Å². The Morgan fingerprint density at radius 1 is 1.36 bits per heavy atom. The Hall–Kier alpha value is -0.870. The fourth-order valence-corrected chi connectivity index (χ4v) is 1.92. The van der Waals surface area contributed by atoms with Crippen LogP contribution in [0.3, 0.4) is 0 Å².